The van der Waals surface area contributed by atoms with Gasteiger partial charge in [-0.1, -0.05) is 192 Å². The van der Waals surface area contributed by atoms with Crippen LogP contribution in [0.4, 0.5) is 0 Å². The maximum atomic E-state index is 2.89. The van der Waals surface area contributed by atoms with Crippen LogP contribution >= 0.6 is 0 Å². The molecule has 0 N–H and O–H groups in total. The topological polar surface area (TPSA) is 0 Å². The van der Waals surface area contributed by atoms with E-state index in [4.69, 9.17) is 0 Å². The monoisotopic (exact) mass is 773 g/mol. The van der Waals surface area contributed by atoms with E-state index in [1.807, 2.05) is 22.3 Å². The molecule has 0 atom stereocenters. The summed E-state index contributed by atoms with van der Waals surface area (Å²) in [6.45, 7) is 72.3. The van der Waals surface area contributed by atoms with E-state index in [-0.39, 0.29) is 8.80 Å². The molecule has 263 valence electrons. The minimum absolute atomic E-state index is 0.221. The summed E-state index contributed by atoms with van der Waals surface area (Å²) < 4.78 is 0. The van der Waals surface area contributed by atoms with Crippen LogP contribution in [-0.2, 0) is 0 Å². The van der Waals surface area contributed by atoms with E-state index in [0.29, 0.717) is 40.3 Å². The van der Waals surface area contributed by atoms with E-state index < -0.39 is 30.1 Å². The summed E-state index contributed by atoms with van der Waals surface area (Å²) in [4.78, 5) is 0. The number of hydrogen-bond donors (Lipinski definition) is 0. The predicted octanol–water partition coefficient (Wildman–Crippen LogP) is 14.3. The molecule has 0 spiro atoms. The third kappa shape index (κ3) is 11.2. The first-order valence-corrected chi connectivity index (χ1v) is 35.6. The standard InChI is InChI=1S/C27H63Si5.C9H21Si.CH3Ge/c1-22(2,3)30(19,23(4,5)6)28-29(31(20,24(7,8)9)25(10,11)12)32(21,26(13,14)15)27(16,17)18;1-8(2,3)10(7)9(4,5)6;1-2/h1-21H3;1-7H3;1H3. The van der Waals surface area contributed by atoms with Crippen LogP contribution in [-0.4, -0.2) is 64.0 Å². The average Bonchev–Trinajstić information content (AvgIpc) is 2.71. The molecule has 0 unspecified atom stereocenters. The molecule has 0 heterocycles. The normalized spacial score (nSPS) is 15.5. The molecule has 0 bridgehead atoms. The van der Waals surface area contributed by atoms with Crippen molar-refractivity contribution in [2.45, 2.75) is 238 Å². The third-order valence-electron chi connectivity index (χ3n) is 12.6. The Morgan fingerprint density at radius 2 is 0.568 bits per heavy atom. The number of hydrogen-bond acceptors (Lipinski definition) is 0. The Kier molecular flexibility index (Phi) is 17.6. The van der Waals surface area contributed by atoms with Crippen molar-refractivity contribution < 1.29 is 0 Å². The Labute approximate surface area is 300 Å². The van der Waals surface area contributed by atoms with Crippen molar-refractivity contribution in [2.75, 3.05) is 0 Å². The molecule has 0 saturated heterocycles. The molecule has 0 rings (SSSR count). The van der Waals surface area contributed by atoms with E-state index in [2.05, 4.69) is 192 Å². The van der Waals surface area contributed by atoms with Gasteiger partial charge in [-0.25, -0.2) is 0 Å². The summed E-state index contributed by atoms with van der Waals surface area (Å²) in [6, 6.07) is 0. The van der Waals surface area contributed by atoms with Crippen LogP contribution in [0.2, 0.25) is 72.3 Å². The maximum absolute atomic E-state index is 2.89. The SMILES string of the molecule is CC(C)(C)[Si](C)([Si][Si]([Si](C)(C(C)(C)C)C(C)(C)C)[Si](C)(C(C)(C)C)C(C)(C)C)C(C)(C)C.C[Si](C(C)(C)C)C(C)(C)C.[CH3][Ge]. The van der Waals surface area contributed by atoms with Gasteiger partial charge >= 0.3 is 22.3 Å². The van der Waals surface area contributed by atoms with Gasteiger partial charge in [-0.05, 0) is 40.3 Å². The summed E-state index contributed by atoms with van der Waals surface area (Å²) in [7, 11) is -4.59. The van der Waals surface area contributed by atoms with Crippen molar-refractivity contribution in [3.8, 4) is 0 Å². The summed E-state index contributed by atoms with van der Waals surface area (Å²) in [6.07, 6.45) is 0. The Morgan fingerprint density at radius 1 is 0.386 bits per heavy atom. The molecular weight excluding hydrogens is 686 g/mol. The fraction of sp³-hybridized carbons (Fsp3) is 1.00. The van der Waals surface area contributed by atoms with Gasteiger partial charge < -0.3 is 0 Å². The predicted molar refractivity (Wildman–Crippen MR) is 227 cm³/mol. The van der Waals surface area contributed by atoms with Crippen LogP contribution in [0, 0.1) is 0 Å². The molecule has 7 radical (unpaired) electrons. The average molecular weight is 773 g/mol. The molecule has 0 aromatic carbocycles. The van der Waals surface area contributed by atoms with Crippen LogP contribution in [0.15, 0.2) is 0 Å². The van der Waals surface area contributed by atoms with E-state index >= 15 is 0 Å². The molecule has 0 aromatic rings. The van der Waals surface area contributed by atoms with Crippen molar-refractivity contribution in [3.63, 3.8) is 0 Å². The molecule has 0 amide bonds. The summed E-state index contributed by atoms with van der Waals surface area (Å²) in [5.41, 5.74) is 0. The van der Waals surface area contributed by atoms with Gasteiger partial charge in [-0.2, -0.15) is 0 Å². The first kappa shape index (κ1) is 50.2. The summed E-state index contributed by atoms with van der Waals surface area (Å²) >= 11 is 2.00. The van der Waals surface area contributed by atoms with Crippen molar-refractivity contribution in [1.82, 2.24) is 0 Å². The van der Waals surface area contributed by atoms with Crippen LogP contribution in [0.25, 0.3) is 0 Å². The van der Waals surface area contributed by atoms with Crippen molar-refractivity contribution in [2.24, 2.45) is 0 Å². The molecule has 0 aliphatic carbocycles. The van der Waals surface area contributed by atoms with Gasteiger partial charge in [-0.15, -0.1) is 0 Å². The van der Waals surface area contributed by atoms with Crippen molar-refractivity contribution in [3.05, 3.63) is 0 Å². The van der Waals surface area contributed by atoms with Gasteiger partial charge in [-0.3, -0.25) is 0 Å². The van der Waals surface area contributed by atoms with Crippen molar-refractivity contribution in [1.29, 1.82) is 0 Å². The van der Waals surface area contributed by atoms with Crippen LogP contribution in [0.5, 0.6) is 0 Å². The molecular formula is C37H87GeSi6. The number of rotatable bonds is 4. The van der Waals surface area contributed by atoms with E-state index in [1.54, 1.807) is 0 Å². The van der Waals surface area contributed by atoms with Crippen LogP contribution < -0.4 is 0 Å². The van der Waals surface area contributed by atoms with Crippen LogP contribution in [0.1, 0.15) is 166 Å². The Morgan fingerprint density at radius 3 is 0.659 bits per heavy atom. The zero-order chi connectivity index (χ0) is 37.4. The second kappa shape index (κ2) is 15.4. The zero-order valence-electron chi connectivity index (χ0n) is 36.5. The van der Waals surface area contributed by atoms with Crippen LogP contribution in [0.3, 0.4) is 0 Å². The first-order valence-electron chi connectivity index (χ1n) is 17.5. The molecule has 7 heteroatoms. The molecule has 0 aliphatic heterocycles. The molecule has 0 saturated carbocycles. The van der Waals surface area contributed by atoms with E-state index in [0.717, 1.165) is 0 Å². The van der Waals surface area contributed by atoms with Gasteiger partial charge in [0.15, 0.2) is 0 Å². The first-order chi connectivity index (χ1) is 18.5. The van der Waals surface area contributed by atoms with E-state index in [1.165, 1.54) is 8.55 Å². The van der Waals surface area contributed by atoms with Gasteiger partial charge in [0, 0.05) is 38.7 Å². The Hall–Kier alpha value is 1.84. The summed E-state index contributed by atoms with van der Waals surface area (Å²) in [5, 5.41) is 3.62. The van der Waals surface area contributed by atoms with Gasteiger partial charge in [0.25, 0.3) is 0 Å². The van der Waals surface area contributed by atoms with Gasteiger partial charge in [0.2, 0.25) is 0 Å². The fourth-order valence-corrected chi connectivity index (χ4v) is 118. The fourth-order valence-electron chi connectivity index (χ4n) is 7.38. The molecule has 44 heavy (non-hydrogen) atoms. The third-order valence-corrected chi connectivity index (χ3v) is 91.1. The molecule has 0 fully saturated rings. The molecule has 0 nitrogen and oxygen atoms in total. The minimum atomic E-state index is -1.69. The molecule has 0 aromatic heterocycles. The quantitative estimate of drug-likeness (QED) is 0.250. The van der Waals surface area contributed by atoms with Gasteiger partial charge in [0.05, 0.1) is 8.80 Å². The second-order valence-corrected chi connectivity index (χ2v) is 64.5. The van der Waals surface area contributed by atoms with Gasteiger partial charge in [0.1, 0.15) is 0 Å². The Balaban J connectivity index is -0.00000118. The second-order valence-electron chi connectivity index (χ2n) is 22.5. The van der Waals surface area contributed by atoms with E-state index in [9.17, 15) is 0 Å². The zero-order valence-corrected chi connectivity index (χ0v) is 44.6. The molecule has 0 aliphatic rings. The van der Waals surface area contributed by atoms with Crippen molar-refractivity contribution >= 4 is 64.0 Å². The summed E-state index contributed by atoms with van der Waals surface area (Å²) in [5.74, 6) is 2.00. The Bertz CT molecular complexity index is 760.